The van der Waals surface area contributed by atoms with Crippen LogP contribution in [0.5, 0.6) is 0 Å². The van der Waals surface area contributed by atoms with Crippen molar-refractivity contribution in [1.29, 1.82) is 0 Å². The number of carbonyl (C=O) groups excluding carboxylic acids is 2. The van der Waals surface area contributed by atoms with Gasteiger partial charge in [0.25, 0.3) is 0 Å². The lowest BCUT2D eigenvalue weighted by molar-refractivity contribution is -0.143. The number of carbonyl (C=O) groups is 2. The molecule has 0 saturated heterocycles. The van der Waals surface area contributed by atoms with Crippen LogP contribution >= 0.6 is 0 Å². The number of rotatable bonds is 59. The molecule has 6 nitrogen and oxygen atoms in total. The van der Waals surface area contributed by atoms with E-state index in [4.69, 9.17) is 4.74 Å². The summed E-state index contributed by atoms with van der Waals surface area (Å²) in [6.45, 7) is 4.91. The normalized spacial score (nSPS) is 12.7. The van der Waals surface area contributed by atoms with Gasteiger partial charge in [0, 0.05) is 12.8 Å². The molecular formula is C64H123NO5. The quantitative estimate of drug-likeness (QED) is 0.0321. The van der Waals surface area contributed by atoms with Crippen molar-refractivity contribution in [2.24, 2.45) is 0 Å². The zero-order valence-electron chi connectivity index (χ0n) is 47.3. The summed E-state index contributed by atoms with van der Waals surface area (Å²) >= 11 is 0. The molecular weight excluding hydrogens is 863 g/mol. The Labute approximate surface area is 437 Å². The maximum Gasteiger partial charge on any atom is 0.305 e. The van der Waals surface area contributed by atoms with E-state index in [9.17, 15) is 19.8 Å². The van der Waals surface area contributed by atoms with Crippen LogP contribution in [0, 0.1) is 0 Å². The third-order valence-corrected chi connectivity index (χ3v) is 14.7. The van der Waals surface area contributed by atoms with E-state index in [1.54, 1.807) is 6.08 Å². The van der Waals surface area contributed by atoms with Gasteiger partial charge in [-0.1, -0.05) is 301 Å². The molecule has 0 fully saturated rings. The first-order valence-electron chi connectivity index (χ1n) is 31.6. The first-order valence-corrected chi connectivity index (χ1v) is 31.6. The smallest absolute Gasteiger partial charge is 0.305 e. The minimum atomic E-state index is -0.847. The van der Waals surface area contributed by atoms with Crippen molar-refractivity contribution >= 4 is 11.9 Å². The summed E-state index contributed by atoms with van der Waals surface area (Å²) in [5.74, 6) is -0.0584. The van der Waals surface area contributed by atoms with Crippen LogP contribution in [0.25, 0.3) is 0 Å². The third-order valence-electron chi connectivity index (χ3n) is 14.7. The molecule has 0 radical (unpaired) electrons. The summed E-state index contributed by atoms with van der Waals surface area (Å²) in [6.07, 6.45) is 73.7. The Morgan fingerprint density at radius 2 is 0.671 bits per heavy atom. The van der Waals surface area contributed by atoms with Crippen LogP contribution in [0.2, 0.25) is 0 Å². The number of ether oxygens (including phenoxy) is 1. The number of unbranched alkanes of at least 4 members (excludes halogenated alkanes) is 46. The van der Waals surface area contributed by atoms with Gasteiger partial charge >= 0.3 is 5.97 Å². The minimum absolute atomic E-state index is 0.0156. The Morgan fingerprint density at radius 3 is 1.01 bits per heavy atom. The molecule has 0 spiro atoms. The van der Waals surface area contributed by atoms with Gasteiger partial charge in [-0.2, -0.15) is 0 Å². The van der Waals surface area contributed by atoms with Gasteiger partial charge in [0.1, 0.15) is 0 Å². The molecule has 0 rings (SSSR count). The van der Waals surface area contributed by atoms with Crippen molar-refractivity contribution in [3.05, 3.63) is 24.3 Å². The number of allylic oxidation sites excluding steroid dienone is 3. The second-order valence-electron chi connectivity index (χ2n) is 21.7. The van der Waals surface area contributed by atoms with Crippen LogP contribution in [0.1, 0.15) is 348 Å². The number of aliphatic hydroxyl groups is 2. The Balaban J connectivity index is 3.39. The first-order chi connectivity index (χ1) is 34.5. The fraction of sp³-hybridized carbons (Fsp3) is 0.906. The van der Waals surface area contributed by atoms with Crippen molar-refractivity contribution in [3.63, 3.8) is 0 Å². The van der Waals surface area contributed by atoms with Gasteiger partial charge in [0.2, 0.25) is 5.91 Å². The fourth-order valence-electron chi connectivity index (χ4n) is 9.87. The highest BCUT2D eigenvalue weighted by atomic mass is 16.5. The molecule has 1 amide bonds. The molecule has 2 atom stereocenters. The van der Waals surface area contributed by atoms with Gasteiger partial charge in [0.15, 0.2) is 0 Å². The van der Waals surface area contributed by atoms with Gasteiger partial charge < -0.3 is 20.3 Å². The monoisotopic (exact) mass is 986 g/mol. The maximum absolute atomic E-state index is 12.4. The van der Waals surface area contributed by atoms with Crippen LogP contribution in [0.15, 0.2) is 24.3 Å². The van der Waals surface area contributed by atoms with Crippen LogP contribution in [-0.4, -0.2) is 47.4 Å². The number of esters is 1. The maximum atomic E-state index is 12.4. The highest BCUT2D eigenvalue weighted by Gasteiger charge is 2.18. The number of hydrogen-bond acceptors (Lipinski definition) is 5. The number of hydrogen-bond donors (Lipinski definition) is 3. The Morgan fingerprint density at radius 1 is 0.386 bits per heavy atom. The lowest BCUT2D eigenvalue weighted by Gasteiger charge is -2.20. The second kappa shape index (κ2) is 59.9. The van der Waals surface area contributed by atoms with Gasteiger partial charge in [-0.3, -0.25) is 9.59 Å². The molecule has 70 heavy (non-hydrogen) atoms. The van der Waals surface area contributed by atoms with Crippen LogP contribution in [-0.2, 0) is 14.3 Å². The molecule has 0 aliphatic rings. The highest BCUT2D eigenvalue weighted by Crippen LogP contribution is 2.17. The minimum Gasteiger partial charge on any atom is -0.466 e. The second-order valence-corrected chi connectivity index (χ2v) is 21.7. The molecule has 0 heterocycles. The van der Waals surface area contributed by atoms with E-state index in [0.29, 0.717) is 19.4 Å². The van der Waals surface area contributed by atoms with Crippen molar-refractivity contribution in [2.45, 2.75) is 360 Å². The predicted molar refractivity (Wildman–Crippen MR) is 306 cm³/mol. The SMILES string of the molecule is CCCCCCCCCCCC/C=C/C(O)C(CO)NC(=O)CCCCCCCCC/C=C\CCCCCCCCCCCCCCOC(=O)CCCCCCCCCCCCCCCCCCCC. The van der Waals surface area contributed by atoms with Crippen LogP contribution < -0.4 is 5.32 Å². The zero-order valence-corrected chi connectivity index (χ0v) is 47.3. The number of amides is 1. The largest absolute Gasteiger partial charge is 0.466 e. The van der Waals surface area contributed by atoms with E-state index in [1.165, 1.54) is 276 Å². The van der Waals surface area contributed by atoms with Crippen molar-refractivity contribution in [1.82, 2.24) is 5.32 Å². The van der Waals surface area contributed by atoms with E-state index in [0.717, 1.165) is 44.9 Å². The molecule has 0 aliphatic heterocycles. The molecule has 0 saturated carbocycles. The molecule has 0 aromatic rings. The highest BCUT2D eigenvalue weighted by molar-refractivity contribution is 5.76. The summed E-state index contributed by atoms with van der Waals surface area (Å²) < 4.78 is 5.50. The summed E-state index contributed by atoms with van der Waals surface area (Å²) in [6, 6.07) is -0.631. The molecule has 414 valence electrons. The Hall–Kier alpha value is -1.66. The van der Waals surface area contributed by atoms with E-state index in [-0.39, 0.29) is 18.5 Å². The van der Waals surface area contributed by atoms with Gasteiger partial charge in [0.05, 0.1) is 25.4 Å². The Bertz CT molecular complexity index is 1090. The summed E-state index contributed by atoms with van der Waals surface area (Å²) in [4.78, 5) is 24.5. The molecule has 0 bridgehead atoms. The topological polar surface area (TPSA) is 95.9 Å². The number of nitrogens with one attached hydrogen (secondary N) is 1. The van der Waals surface area contributed by atoms with Crippen molar-refractivity contribution in [3.8, 4) is 0 Å². The van der Waals surface area contributed by atoms with Crippen molar-refractivity contribution < 1.29 is 24.5 Å². The predicted octanol–water partition coefficient (Wildman–Crippen LogP) is 19.8. The van der Waals surface area contributed by atoms with Gasteiger partial charge in [-0.15, -0.1) is 0 Å². The lowest BCUT2D eigenvalue weighted by Crippen LogP contribution is -2.45. The third kappa shape index (κ3) is 55.7. The number of aliphatic hydroxyl groups excluding tert-OH is 2. The molecule has 0 aromatic heterocycles. The summed E-state index contributed by atoms with van der Waals surface area (Å²) in [7, 11) is 0. The van der Waals surface area contributed by atoms with E-state index in [2.05, 4.69) is 31.3 Å². The van der Waals surface area contributed by atoms with E-state index in [1.807, 2.05) is 6.08 Å². The van der Waals surface area contributed by atoms with Gasteiger partial charge in [-0.25, -0.2) is 0 Å². The van der Waals surface area contributed by atoms with E-state index < -0.39 is 12.1 Å². The fourth-order valence-corrected chi connectivity index (χ4v) is 9.87. The van der Waals surface area contributed by atoms with Crippen molar-refractivity contribution in [2.75, 3.05) is 13.2 Å². The van der Waals surface area contributed by atoms with Crippen LogP contribution in [0.4, 0.5) is 0 Å². The average Bonchev–Trinajstić information content (AvgIpc) is 3.36. The molecule has 6 heteroatoms. The molecule has 2 unspecified atom stereocenters. The standard InChI is InChI=1S/C64H123NO5/c1-3-5-7-9-11-13-15-17-18-19-28-31-34-38-42-46-50-54-58-64(69)70-59-55-51-47-43-39-35-32-29-26-24-22-20-21-23-25-27-30-33-37-41-45-49-53-57-63(68)65-61(60-66)62(67)56-52-48-44-40-36-16-14-12-10-8-6-4-2/h23,25,52,56,61-62,66-67H,3-22,24,26-51,53-55,57-60H2,1-2H3,(H,65,68)/b25-23-,56-52+. The molecule has 3 N–H and O–H groups in total. The molecule has 0 aliphatic carbocycles. The summed E-state index contributed by atoms with van der Waals surface area (Å²) in [5.41, 5.74) is 0. The first kappa shape index (κ1) is 68.3. The Kier molecular flexibility index (Phi) is 58.5. The average molecular weight is 987 g/mol. The summed E-state index contributed by atoms with van der Waals surface area (Å²) in [5, 5.41) is 23.0. The van der Waals surface area contributed by atoms with Crippen LogP contribution in [0.3, 0.4) is 0 Å². The zero-order chi connectivity index (χ0) is 50.7. The molecule has 0 aromatic carbocycles. The lowest BCUT2D eigenvalue weighted by atomic mass is 10.0. The van der Waals surface area contributed by atoms with Gasteiger partial charge in [-0.05, 0) is 57.8 Å². The van der Waals surface area contributed by atoms with E-state index >= 15 is 0 Å².